The zero-order valence-electron chi connectivity index (χ0n) is 15.9. The summed E-state index contributed by atoms with van der Waals surface area (Å²) in [6.45, 7) is 1.39. The smallest absolute Gasteiger partial charge is 0.329 e. The van der Waals surface area contributed by atoms with Crippen molar-refractivity contribution in [2.24, 2.45) is 0 Å². The molecule has 0 aliphatic heterocycles. The van der Waals surface area contributed by atoms with Crippen molar-refractivity contribution < 1.29 is 14.3 Å². The van der Waals surface area contributed by atoms with Crippen molar-refractivity contribution in [3.63, 3.8) is 0 Å². The number of carbonyl (C=O) groups is 2. The summed E-state index contributed by atoms with van der Waals surface area (Å²) in [7, 11) is 3.52. The number of nitrogens with zero attached hydrogens (tertiary/aromatic N) is 1. The molecule has 2 aromatic carbocycles. The highest BCUT2D eigenvalue weighted by Crippen LogP contribution is 2.08. The van der Waals surface area contributed by atoms with Crippen LogP contribution in [0.1, 0.15) is 11.1 Å². The van der Waals surface area contributed by atoms with Gasteiger partial charge in [-0.25, -0.2) is 9.59 Å². The third-order valence-electron chi connectivity index (χ3n) is 4.13. The maximum absolute atomic E-state index is 12.6. The monoisotopic (exact) mass is 369 g/mol. The molecule has 1 unspecified atom stereocenters. The van der Waals surface area contributed by atoms with E-state index in [0.29, 0.717) is 19.5 Å². The second-order valence-electron chi connectivity index (χ2n) is 6.31. The first kappa shape index (κ1) is 20.5. The summed E-state index contributed by atoms with van der Waals surface area (Å²) in [6, 6.07) is 18.0. The topological polar surface area (TPSA) is 70.7 Å². The SMILES string of the molecule is CNCCN(C)C(=O)NC(Cc1ccccc1)C(=O)OCc1ccccc1. The predicted molar refractivity (Wildman–Crippen MR) is 105 cm³/mol. The molecule has 0 heterocycles. The van der Waals surface area contributed by atoms with Gasteiger partial charge in [-0.2, -0.15) is 0 Å². The molecule has 144 valence electrons. The lowest BCUT2D eigenvalue weighted by Crippen LogP contribution is -2.49. The minimum absolute atomic E-state index is 0.177. The van der Waals surface area contributed by atoms with Crippen LogP contribution in [0.5, 0.6) is 0 Å². The van der Waals surface area contributed by atoms with Gasteiger partial charge in [0, 0.05) is 26.6 Å². The lowest BCUT2D eigenvalue weighted by Gasteiger charge is -2.23. The maximum Gasteiger partial charge on any atom is 0.329 e. The van der Waals surface area contributed by atoms with E-state index in [4.69, 9.17) is 4.74 Å². The highest BCUT2D eigenvalue weighted by Gasteiger charge is 2.24. The normalized spacial score (nSPS) is 11.5. The van der Waals surface area contributed by atoms with Gasteiger partial charge in [0.2, 0.25) is 0 Å². The van der Waals surface area contributed by atoms with Crippen molar-refractivity contribution in [2.45, 2.75) is 19.1 Å². The maximum atomic E-state index is 12.6. The molecule has 0 fully saturated rings. The van der Waals surface area contributed by atoms with Gasteiger partial charge in [-0.15, -0.1) is 0 Å². The first-order valence-electron chi connectivity index (χ1n) is 9.01. The summed E-state index contributed by atoms with van der Waals surface area (Å²) in [5.74, 6) is -0.446. The Hall–Kier alpha value is -2.86. The Kier molecular flexibility index (Phi) is 8.32. The molecule has 1 atom stereocenters. The first-order chi connectivity index (χ1) is 13.1. The van der Waals surface area contributed by atoms with Crippen molar-refractivity contribution in [3.8, 4) is 0 Å². The van der Waals surface area contributed by atoms with Gasteiger partial charge in [0.1, 0.15) is 12.6 Å². The molecule has 2 amide bonds. The van der Waals surface area contributed by atoms with Crippen LogP contribution in [0, 0.1) is 0 Å². The molecule has 6 nitrogen and oxygen atoms in total. The van der Waals surface area contributed by atoms with Crippen LogP contribution in [0.2, 0.25) is 0 Å². The van der Waals surface area contributed by atoms with Gasteiger partial charge in [0.05, 0.1) is 0 Å². The van der Waals surface area contributed by atoms with Crippen molar-refractivity contribution >= 4 is 12.0 Å². The van der Waals surface area contributed by atoms with Crippen LogP contribution < -0.4 is 10.6 Å². The molecule has 27 heavy (non-hydrogen) atoms. The number of urea groups is 1. The largest absolute Gasteiger partial charge is 0.459 e. The molecule has 6 heteroatoms. The number of rotatable bonds is 9. The number of benzene rings is 2. The van der Waals surface area contributed by atoms with Gasteiger partial charge < -0.3 is 20.3 Å². The molecule has 0 radical (unpaired) electrons. The van der Waals surface area contributed by atoms with Crippen LogP contribution in [0.3, 0.4) is 0 Å². The Morgan fingerprint density at radius 1 is 1.00 bits per heavy atom. The van der Waals surface area contributed by atoms with Gasteiger partial charge in [-0.3, -0.25) is 0 Å². The molecular formula is C21H27N3O3. The fourth-order valence-corrected chi connectivity index (χ4v) is 2.51. The number of nitrogens with one attached hydrogen (secondary N) is 2. The summed E-state index contributed by atoms with van der Waals surface area (Å²) >= 11 is 0. The number of amides is 2. The van der Waals surface area contributed by atoms with Crippen molar-refractivity contribution in [1.29, 1.82) is 0 Å². The van der Waals surface area contributed by atoms with E-state index >= 15 is 0 Å². The zero-order chi connectivity index (χ0) is 19.5. The quantitative estimate of drug-likeness (QED) is 0.665. The van der Waals surface area contributed by atoms with E-state index in [-0.39, 0.29) is 12.6 Å². The minimum atomic E-state index is -0.749. The Bertz CT molecular complexity index is 707. The summed E-state index contributed by atoms with van der Waals surface area (Å²) in [5, 5.41) is 5.79. The second kappa shape index (κ2) is 11.0. The van der Waals surface area contributed by atoms with Gasteiger partial charge in [-0.1, -0.05) is 60.7 Å². The first-order valence-corrected chi connectivity index (χ1v) is 9.01. The van der Waals surface area contributed by atoms with Gasteiger partial charge in [0.15, 0.2) is 0 Å². The van der Waals surface area contributed by atoms with E-state index in [9.17, 15) is 9.59 Å². The van der Waals surface area contributed by atoms with E-state index in [1.165, 1.54) is 0 Å². The molecule has 0 saturated heterocycles. The van der Waals surface area contributed by atoms with Gasteiger partial charge in [0.25, 0.3) is 0 Å². The summed E-state index contributed by atoms with van der Waals surface area (Å²) in [6.07, 6.45) is 0.375. The van der Waals surface area contributed by atoms with Gasteiger partial charge in [-0.05, 0) is 18.2 Å². The summed E-state index contributed by atoms with van der Waals surface area (Å²) in [4.78, 5) is 26.6. The molecule has 0 aromatic heterocycles. The number of likely N-dealkylation sites (N-methyl/N-ethyl adjacent to an activating group) is 2. The second-order valence-corrected chi connectivity index (χ2v) is 6.31. The van der Waals surface area contributed by atoms with Gasteiger partial charge >= 0.3 is 12.0 Å². The standard InChI is InChI=1S/C21H27N3O3/c1-22-13-14-24(2)21(26)23-19(15-17-9-5-3-6-10-17)20(25)27-16-18-11-7-4-8-12-18/h3-12,19,22H,13-16H2,1-2H3,(H,23,26). The highest BCUT2D eigenvalue weighted by atomic mass is 16.5. The lowest BCUT2D eigenvalue weighted by molar-refractivity contribution is -0.147. The number of carbonyl (C=O) groups excluding carboxylic acids is 2. The van der Waals surface area contributed by atoms with E-state index in [2.05, 4.69) is 10.6 Å². The Morgan fingerprint density at radius 2 is 1.59 bits per heavy atom. The molecule has 2 rings (SSSR count). The number of esters is 1. The van der Waals surface area contributed by atoms with Crippen molar-refractivity contribution in [3.05, 3.63) is 71.8 Å². The lowest BCUT2D eigenvalue weighted by atomic mass is 10.1. The van der Waals surface area contributed by atoms with Crippen LogP contribution >= 0.6 is 0 Å². The fraction of sp³-hybridized carbons (Fsp3) is 0.333. The fourth-order valence-electron chi connectivity index (χ4n) is 2.51. The summed E-state index contributed by atoms with van der Waals surface area (Å²) in [5.41, 5.74) is 1.86. The third kappa shape index (κ3) is 7.11. The minimum Gasteiger partial charge on any atom is -0.459 e. The van der Waals surface area contributed by atoms with E-state index in [1.54, 1.807) is 11.9 Å². The van der Waals surface area contributed by atoms with Crippen LogP contribution in [0.25, 0.3) is 0 Å². The van der Waals surface area contributed by atoms with E-state index < -0.39 is 12.0 Å². The van der Waals surface area contributed by atoms with Crippen LogP contribution in [-0.2, 0) is 22.6 Å². The molecule has 0 aliphatic rings. The third-order valence-corrected chi connectivity index (χ3v) is 4.13. The number of hydrogen-bond acceptors (Lipinski definition) is 4. The molecule has 0 saturated carbocycles. The van der Waals surface area contributed by atoms with Crippen molar-refractivity contribution in [1.82, 2.24) is 15.5 Å². The van der Waals surface area contributed by atoms with E-state index in [1.807, 2.05) is 67.7 Å². The molecule has 2 N–H and O–H groups in total. The zero-order valence-corrected chi connectivity index (χ0v) is 15.9. The Labute approximate surface area is 160 Å². The van der Waals surface area contributed by atoms with Crippen LogP contribution in [-0.4, -0.2) is 50.1 Å². The van der Waals surface area contributed by atoms with E-state index in [0.717, 1.165) is 11.1 Å². The average Bonchev–Trinajstić information content (AvgIpc) is 2.71. The van der Waals surface area contributed by atoms with Crippen molar-refractivity contribution in [2.75, 3.05) is 27.2 Å². The molecular weight excluding hydrogens is 342 g/mol. The highest BCUT2D eigenvalue weighted by molar-refractivity contribution is 5.83. The Balaban J connectivity index is 2.01. The molecule has 0 aliphatic carbocycles. The predicted octanol–water partition coefficient (Wildman–Crippen LogP) is 2.20. The van der Waals surface area contributed by atoms with Crippen LogP contribution in [0.15, 0.2) is 60.7 Å². The molecule has 0 spiro atoms. The average molecular weight is 369 g/mol. The number of hydrogen-bond donors (Lipinski definition) is 2. The number of ether oxygens (including phenoxy) is 1. The van der Waals surface area contributed by atoms with Crippen LogP contribution in [0.4, 0.5) is 4.79 Å². The summed E-state index contributed by atoms with van der Waals surface area (Å²) < 4.78 is 5.44. The molecule has 2 aromatic rings. The molecule has 0 bridgehead atoms. The Morgan fingerprint density at radius 3 is 2.19 bits per heavy atom.